The van der Waals surface area contributed by atoms with E-state index < -0.39 is 10.4 Å². The van der Waals surface area contributed by atoms with Gasteiger partial charge in [0, 0.05) is 6.42 Å². The van der Waals surface area contributed by atoms with Gasteiger partial charge in [0.25, 0.3) is 0 Å². The van der Waals surface area contributed by atoms with E-state index in [9.17, 15) is 8.42 Å². The van der Waals surface area contributed by atoms with Gasteiger partial charge in [0.05, 0.1) is 11.9 Å². The molecule has 0 bridgehead atoms. The molecule has 0 radical (unpaired) electrons. The SMILES string of the molecule is NCCc1cnc2n1OS(=O)(=O)O2.O. The number of hydrogen-bond acceptors (Lipinski definition) is 6. The number of nitrogens with two attached hydrogens (primary N) is 1. The topological polar surface area (TPSA) is 128 Å². The number of rotatable bonds is 2. The Balaban J connectivity index is 0.000000980. The maximum atomic E-state index is 10.8. The Hall–Kier alpha value is -1.32. The van der Waals surface area contributed by atoms with Crippen LogP contribution in [0.3, 0.4) is 0 Å². The van der Waals surface area contributed by atoms with E-state index >= 15 is 0 Å². The fraction of sp³-hybridized carbons (Fsp3) is 0.400. The highest BCUT2D eigenvalue weighted by Gasteiger charge is 2.31. The second-order valence-corrected chi connectivity index (χ2v) is 3.56. The fourth-order valence-corrected chi connectivity index (χ4v) is 1.67. The van der Waals surface area contributed by atoms with Crippen molar-refractivity contribution in [3.63, 3.8) is 0 Å². The molecule has 0 saturated heterocycles. The Kier molecular flexibility index (Phi) is 2.64. The predicted octanol–water partition coefficient (Wildman–Crippen LogP) is -2.37. The van der Waals surface area contributed by atoms with Crippen LogP contribution in [0.5, 0.6) is 6.01 Å². The van der Waals surface area contributed by atoms with Crippen molar-refractivity contribution >= 4 is 10.4 Å². The molecule has 0 fully saturated rings. The van der Waals surface area contributed by atoms with Gasteiger partial charge in [-0.25, -0.2) is 0 Å². The molecule has 2 heterocycles. The zero-order chi connectivity index (χ0) is 9.47. The lowest BCUT2D eigenvalue weighted by Gasteiger charge is -1.97. The van der Waals surface area contributed by atoms with Crippen molar-refractivity contribution in [1.29, 1.82) is 0 Å². The van der Waals surface area contributed by atoms with Gasteiger partial charge in [0.1, 0.15) is 0 Å². The van der Waals surface area contributed by atoms with Crippen LogP contribution in [0.4, 0.5) is 0 Å². The Morgan fingerprint density at radius 3 is 2.93 bits per heavy atom. The molecule has 14 heavy (non-hydrogen) atoms. The molecule has 1 aromatic heterocycles. The highest BCUT2D eigenvalue weighted by Crippen LogP contribution is 2.19. The highest BCUT2D eigenvalue weighted by atomic mass is 32.3. The number of aromatic nitrogens is 2. The summed E-state index contributed by atoms with van der Waals surface area (Å²) in [6, 6.07) is -0.0801. The van der Waals surface area contributed by atoms with Gasteiger partial charge in [-0.1, -0.05) is 0 Å². The van der Waals surface area contributed by atoms with Crippen molar-refractivity contribution < 1.29 is 22.4 Å². The van der Waals surface area contributed by atoms with Crippen LogP contribution in [0.15, 0.2) is 6.20 Å². The van der Waals surface area contributed by atoms with Gasteiger partial charge in [-0.05, 0) is 6.54 Å². The second kappa shape index (κ2) is 3.44. The van der Waals surface area contributed by atoms with E-state index in [2.05, 4.69) is 13.5 Å². The zero-order valence-electron chi connectivity index (χ0n) is 7.00. The maximum Gasteiger partial charge on any atom is 0.523 e. The zero-order valence-corrected chi connectivity index (χ0v) is 7.82. The Morgan fingerprint density at radius 1 is 1.57 bits per heavy atom. The van der Waals surface area contributed by atoms with Crippen LogP contribution in [0, 0.1) is 0 Å². The summed E-state index contributed by atoms with van der Waals surface area (Å²) >= 11 is 0. The van der Waals surface area contributed by atoms with E-state index in [1.165, 1.54) is 6.20 Å². The monoisotopic (exact) mass is 223 g/mol. The molecule has 0 aliphatic carbocycles. The quantitative estimate of drug-likeness (QED) is 0.596. The summed E-state index contributed by atoms with van der Waals surface area (Å²) in [5.41, 5.74) is 5.86. The highest BCUT2D eigenvalue weighted by molar-refractivity contribution is 7.82. The lowest BCUT2D eigenvalue weighted by molar-refractivity contribution is 0.289. The fourth-order valence-electron chi connectivity index (χ4n) is 1.00. The normalized spacial score (nSPS) is 16.4. The Bertz CT molecular complexity index is 425. The molecule has 1 aromatic rings. The molecule has 8 nitrogen and oxygen atoms in total. The minimum atomic E-state index is -3.94. The first-order valence-electron chi connectivity index (χ1n) is 3.53. The number of nitrogens with zero attached hydrogens (tertiary/aromatic N) is 2. The molecule has 2 rings (SSSR count). The van der Waals surface area contributed by atoms with Crippen molar-refractivity contribution in [3.8, 4) is 6.01 Å². The van der Waals surface area contributed by atoms with Gasteiger partial charge < -0.3 is 15.4 Å². The molecule has 9 heteroatoms. The largest absolute Gasteiger partial charge is 0.523 e. The van der Waals surface area contributed by atoms with Crippen molar-refractivity contribution in [3.05, 3.63) is 11.9 Å². The third-order valence-corrected chi connectivity index (χ3v) is 2.19. The van der Waals surface area contributed by atoms with Crippen LogP contribution in [0.2, 0.25) is 0 Å². The summed E-state index contributed by atoms with van der Waals surface area (Å²) < 4.78 is 31.4. The van der Waals surface area contributed by atoms with E-state index in [4.69, 9.17) is 5.73 Å². The average molecular weight is 223 g/mol. The summed E-state index contributed by atoms with van der Waals surface area (Å²) in [7, 11) is -3.94. The summed E-state index contributed by atoms with van der Waals surface area (Å²) in [4.78, 5) is 3.69. The molecule has 4 N–H and O–H groups in total. The van der Waals surface area contributed by atoms with E-state index in [1.807, 2.05) is 0 Å². The summed E-state index contributed by atoms with van der Waals surface area (Å²) in [6.45, 7) is 0.383. The van der Waals surface area contributed by atoms with Gasteiger partial charge in [-0.15, -0.1) is 13.1 Å². The molecule has 0 aromatic carbocycles. The molecule has 0 unspecified atom stereocenters. The Labute approximate surface area is 79.8 Å². The molecule has 0 atom stereocenters. The first kappa shape index (κ1) is 10.8. The third kappa shape index (κ3) is 1.64. The minimum Gasteiger partial charge on any atom is -0.412 e. The standard InChI is InChI=1S/C5H7N3O4S.H2O/c6-2-1-4-3-7-5-8(4)12-13(9,10)11-5;/h3H,1-2,6H2;1H2. The molecule has 0 spiro atoms. The van der Waals surface area contributed by atoms with E-state index in [0.717, 1.165) is 4.73 Å². The first-order valence-corrected chi connectivity index (χ1v) is 4.87. The van der Waals surface area contributed by atoms with Crippen LogP contribution in [0.1, 0.15) is 5.69 Å². The van der Waals surface area contributed by atoms with Crippen molar-refractivity contribution in [2.45, 2.75) is 6.42 Å². The smallest absolute Gasteiger partial charge is 0.412 e. The van der Waals surface area contributed by atoms with Crippen LogP contribution < -0.4 is 14.2 Å². The van der Waals surface area contributed by atoms with Gasteiger partial charge in [0.15, 0.2) is 0 Å². The van der Waals surface area contributed by atoms with Gasteiger partial charge in [-0.3, -0.25) is 4.28 Å². The van der Waals surface area contributed by atoms with E-state index in [1.54, 1.807) is 0 Å². The number of imidazole rings is 1. The number of hydrogen-bond donors (Lipinski definition) is 1. The maximum absolute atomic E-state index is 10.8. The molecule has 0 amide bonds. The molecular formula is C5H9N3O5S. The van der Waals surface area contributed by atoms with Crippen molar-refractivity contribution in [2.75, 3.05) is 6.54 Å². The molecule has 1 aliphatic heterocycles. The second-order valence-electron chi connectivity index (χ2n) is 2.43. The molecular weight excluding hydrogens is 214 g/mol. The summed E-state index contributed by atoms with van der Waals surface area (Å²) in [5, 5.41) is 0. The average Bonchev–Trinajstić information content (AvgIpc) is 2.48. The molecule has 80 valence electrons. The van der Waals surface area contributed by atoms with E-state index in [-0.39, 0.29) is 11.5 Å². The lowest BCUT2D eigenvalue weighted by atomic mass is 10.3. The molecule has 0 saturated carbocycles. The summed E-state index contributed by atoms with van der Waals surface area (Å²) in [6.07, 6.45) is 1.93. The predicted molar refractivity (Wildman–Crippen MR) is 44.7 cm³/mol. The molecule has 1 aliphatic rings. The summed E-state index contributed by atoms with van der Waals surface area (Å²) in [5.74, 6) is 0. The Morgan fingerprint density at radius 2 is 2.29 bits per heavy atom. The first-order chi connectivity index (χ1) is 6.12. The van der Waals surface area contributed by atoms with Gasteiger partial charge in [0.2, 0.25) is 0 Å². The van der Waals surface area contributed by atoms with Crippen molar-refractivity contribution in [1.82, 2.24) is 9.71 Å². The third-order valence-electron chi connectivity index (χ3n) is 1.50. The van der Waals surface area contributed by atoms with Crippen LogP contribution in [0.25, 0.3) is 0 Å². The minimum absolute atomic E-state index is 0. The van der Waals surface area contributed by atoms with Gasteiger partial charge >= 0.3 is 16.4 Å². The lowest BCUT2D eigenvalue weighted by Crippen LogP contribution is -2.17. The number of fused-ring (bicyclic) bond motifs is 1. The van der Waals surface area contributed by atoms with Gasteiger partial charge in [-0.2, -0.15) is 4.98 Å². The van der Waals surface area contributed by atoms with E-state index in [0.29, 0.717) is 18.7 Å². The van der Waals surface area contributed by atoms with Crippen molar-refractivity contribution in [2.24, 2.45) is 5.73 Å². The van der Waals surface area contributed by atoms with Crippen LogP contribution in [-0.4, -0.2) is 30.2 Å². The van der Waals surface area contributed by atoms with Crippen LogP contribution in [-0.2, 0) is 16.8 Å². The van der Waals surface area contributed by atoms with Crippen LogP contribution >= 0.6 is 0 Å².